The van der Waals surface area contributed by atoms with Crippen molar-refractivity contribution in [3.8, 4) is 0 Å². The Balaban J connectivity index is 1.13. The molecule has 1 fully saturated rings. The van der Waals surface area contributed by atoms with Crippen molar-refractivity contribution in [1.29, 1.82) is 0 Å². The number of rotatable bonds is 8. The van der Waals surface area contributed by atoms with Crippen molar-refractivity contribution >= 4 is 17.0 Å². The van der Waals surface area contributed by atoms with Crippen molar-refractivity contribution < 1.29 is 9.90 Å². The van der Waals surface area contributed by atoms with Gasteiger partial charge in [-0.3, -0.25) is 9.80 Å². The van der Waals surface area contributed by atoms with Gasteiger partial charge in [-0.25, -0.2) is 4.98 Å². The molecule has 0 unspecified atom stereocenters. The Morgan fingerprint density at radius 1 is 0.821 bits per heavy atom. The van der Waals surface area contributed by atoms with Crippen LogP contribution in [0.2, 0.25) is 0 Å². The van der Waals surface area contributed by atoms with Crippen LogP contribution in [0.4, 0.5) is 0 Å². The van der Waals surface area contributed by atoms with E-state index in [1.807, 2.05) is 18.2 Å². The number of nitrogens with one attached hydrogen (secondary N) is 1. The van der Waals surface area contributed by atoms with Crippen molar-refractivity contribution in [2.24, 2.45) is 0 Å². The van der Waals surface area contributed by atoms with Crippen LogP contribution in [0.3, 0.4) is 0 Å². The Morgan fingerprint density at radius 2 is 1.46 bits per heavy atom. The molecule has 0 amide bonds. The number of H-pyrrole nitrogens is 1. The smallest absolute Gasteiger partial charge is 0.111 e. The normalized spacial score (nSPS) is 14.7. The largest absolute Gasteiger partial charge is 0.545 e. The number of nitrogens with zero attached hydrogens (tertiary/aromatic N) is 3. The highest BCUT2D eigenvalue weighted by Crippen LogP contribution is 2.30. The summed E-state index contributed by atoms with van der Waals surface area (Å²) in [6.45, 7) is 4.89. The third kappa shape index (κ3) is 5.62. The molecule has 0 atom stereocenters. The average Bonchev–Trinajstić information content (AvgIpc) is 3.37. The molecule has 1 aliphatic rings. The molecule has 196 valence electrons. The first kappa shape index (κ1) is 25.0. The average molecular weight is 516 g/mol. The van der Waals surface area contributed by atoms with Crippen LogP contribution in [0.5, 0.6) is 0 Å². The molecule has 4 aromatic carbocycles. The number of aromatic carboxylic acids is 1. The first-order valence-electron chi connectivity index (χ1n) is 13.5. The number of fused-ring (bicyclic) bond motifs is 1. The minimum atomic E-state index is -1.16. The van der Waals surface area contributed by atoms with Gasteiger partial charge in [0.2, 0.25) is 0 Å². The Bertz CT molecular complexity index is 1520. The van der Waals surface area contributed by atoms with E-state index >= 15 is 0 Å². The fraction of sp³-hybridized carbons (Fsp3) is 0.212. The number of benzene rings is 4. The van der Waals surface area contributed by atoms with E-state index in [-0.39, 0.29) is 11.6 Å². The van der Waals surface area contributed by atoms with E-state index in [1.54, 1.807) is 12.1 Å². The third-order valence-corrected chi connectivity index (χ3v) is 7.60. The standard InChI is InChI=1S/C33H32N4O2/c38-33(39)28-14-8-7-13-27(28)22-31-34-29-16-15-24(21-30(29)35-31)23-36-17-19-37(20-18-36)32(25-9-3-1-4-10-25)26-11-5-2-6-12-26/h1-16,21,32H,17-20,22-23H2,(H,34,35)(H,38,39)/p-1. The van der Waals surface area contributed by atoms with Crippen LogP contribution in [0.15, 0.2) is 103 Å². The SMILES string of the molecule is O=C([O-])c1ccccc1Cc1nc2ccc(CN3CCN(C(c4ccccc4)c4ccccc4)CC3)cc2[nH]1. The van der Waals surface area contributed by atoms with E-state index in [2.05, 4.69) is 87.6 Å². The highest BCUT2D eigenvalue weighted by molar-refractivity contribution is 5.87. The summed E-state index contributed by atoms with van der Waals surface area (Å²) in [5.41, 5.74) is 6.67. The zero-order valence-electron chi connectivity index (χ0n) is 21.8. The lowest BCUT2D eigenvalue weighted by molar-refractivity contribution is -0.255. The van der Waals surface area contributed by atoms with Gasteiger partial charge in [0.1, 0.15) is 5.82 Å². The zero-order valence-corrected chi connectivity index (χ0v) is 21.8. The van der Waals surface area contributed by atoms with E-state index in [1.165, 1.54) is 16.7 Å². The van der Waals surface area contributed by atoms with Gasteiger partial charge in [-0.05, 0) is 34.4 Å². The molecule has 0 saturated carbocycles. The summed E-state index contributed by atoms with van der Waals surface area (Å²) < 4.78 is 0. The van der Waals surface area contributed by atoms with Crippen LogP contribution in [0.25, 0.3) is 11.0 Å². The molecule has 1 aromatic heterocycles. The summed E-state index contributed by atoms with van der Waals surface area (Å²) in [4.78, 5) is 24.7. The van der Waals surface area contributed by atoms with Crippen LogP contribution in [-0.2, 0) is 13.0 Å². The van der Waals surface area contributed by atoms with Crippen molar-refractivity contribution in [2.45, 2.75) is 19.0 Å². The van der Waals surface area contributed by atoms with E-state index in [9.17, 15) is 9.90 Å². The Hall–Kier alpha value is -4.26. The molecule has 6 nitrogen and oxygen atoms in total. The summed E-state index contributed by atoms with van der Waals surface area (Å²) in [6, 6.07) is 35.1. The molecule has 6 heteroatoms. The fourth-order valence-corrected chi connectivity index (χ4v) is 5.67. The summed E-state index contributed by atoms with van der Waals surface area (Å²) >= 11 is 0. The van der Waals surface area contributed by atoms with Crippen molar-refractivity contribution in [1.82, 2.24) is 19.8 Å². The number of hydrogen-bond acceptors (Lipinski definition) is 5. The van der Waals surface area contributed by atoms with Gasteiger partial charge in [-0.2, -0.15) is 0 Å². The van der Waals surface area contributed by atoms with Crippen LogP contribution in [-0.4, -0.2) is 51.9 Å². The number of hydrogen-bond donors (Lipinski definition) is 1. The number of carbonyl (C=O) groups excluding carboxylic acids is 1. The van der Waals surface area contributed by atoms with Crippen LogP contribution in [0.1, 0.15) is 44.5 Å². The maximum Gasteiger partial charge on any atom is 0.111 e. The number of aromatic amines is 1. The molecule has 1 aliphatic heterocycles. The molecule has 39 heavy (non-hydrogen) atoms. The predicted octanol–water partition coefficient (Wildman–Crippen LogP) is 4.42. The van der Waals surface area contributed by atoms with Gasteiger partial charge in [0.25, 0.3) is 0 Å². The quantitative estimate of drug-likeness (QED) is 0.331. The lowest BCUT2D eigenvalue weighted by Gasteiger charge is -2.39. The van der Waals surface area contributed by atoms with E-state index < -0.39 is 5.97 Å². The Labute approximate surface area is 228 Å². The molecule has 2 heterocycles. The number of aromatic nitrogens is 2. The molecular weight excluding hydrogens is 484 g/mol. The molecule has 0 aliphatic carbocycles. The van der Waals surface area contributed by atoms with Gasteiger partial charge >= 0.3 is 0 Å². The maximum absolute atomic E-state index is 11.5. The van der Waals surface area contributed by atoms with Gasteiger partial charge in [0.15, 0.2) is 0 Å². The van der Waals surface area contributed by atoms with Gasteiger partial charge in [-0.1, -0.05) is 91.0 Å². The number of carbonyl (C=O) groups is 1. The molecular formula is C33H31N4O2-. The van der Waals surface area contributed by atoms with Crippen LogP contribution in [0, 0.1) is 0 Å². The number of carboxylic acid groups (broad SMARTS) is 1. The van der Waals surface area contributed by atoms with E-state index in [4.69, 9.17) is 4.98 Å². The minimum Gasteiger partial charge on any atom is -0.545 e. The Morgan fingerprint density at radius 3 is 2.13 bits per heavy atom. The predicted molar refractivity (Wildman–Crippen MR) is 151 cm³/mol. The summed E-state index contributed by atoms with van der Waals surface area (Å²) in [7, 11) is 0. The minimum absolute atomic E-state index is 0.208. The highest BCUT2D eigenvalue weighted by Gasteiger charge is 2.26. The first-order chi connectivity index (χ1) is 19.1. The van der Waals surface area contributed by atoms with E-state index in [0.29, 0.717) is 12.0 Å². The molecule has 1 N–H and O–H groups in total. The second-order valence-corrected chi connectivity index (χ2v) is 10.2. The van der Waals surface area contributed by atoms with Crippen molar-refractivity contribution in [3.63, 3.8) is 0 Å². The molecule has 0 bridgehead atoms. The first-order valence-corrected chi connectivity index (χ1v) is 13.5. The second kappa shape index (κ2) is 11.2. The number of piperazine rings is 1. The maximum atomic E-state index is 11.5. The number of imidazole rings is 1. The van der Waals surface area contributed by atoms with Gasteiger partial charge in [-0.15, -0.1) is 0 Å². The van der Waals surface area contributed by atoms with Crippen molar-refractivity contribution in [3.05, 3.63) is 137 Å². The monoisotopic (exact) mass is 515 g/mol. The highest BCUT2D eigenvalue weighted by atomic mass is 16.4. The summed E-state index contributed by atoms with van der Waals surface area (Å²) in [5.74, 6) is -0.416. The summed E-state index contributed by atoms with van der Waals surface area (Å²) in [5, 5.41) is 11.5. The van der Waals surface area contributed by atoms with Crippen LogP contribution >= 0.6 is 0 Å². The number of carboxylic acids is 1. The van der Waals surface area contributed by atoms with Gasteiger partial charge < -0.3 is 14.9 Å². The second-order valence-electron chi connectivity index (χ2n) is 10.2. The lowest BCUT2D eigenvalue weighted by Crippen LogP contribution is -2.47. The van der Waals surface area contributed by atoms with Crippen molar-refractivity contribution in [2.75, 3.05) is 26.2 Å². The fourth-order valence-electron chi connectivity index (χ4n) is 5.67. The van der Waals surface area contributed by atoms with Gasteiger partial charge in [0, 0.05) is 44.7 Å². The zero-order chi connectivity index (χ0) is 26.6. The topological polar surface area (TPSA) is 75.3 Å². The van der Waals surface area contributed by atoms with Crippen LogP contribution < -0.4 is 5.11 Å². The lowest BCUT2D eigenvalue weighted by atomic mass is 9.96. The molecule has 6 rings (SSSR count). The molecule has 0 spiro atoms. The third-order valence-electron chi connectivity index (χ3n) is 7.60. The molecule has 0 radical (unpaired) electrons. The molecule has 5 aromatic rings. The van der Waals surface area contributed by atoms with E-state index in [0.717, 1.165) is 49.6 Å². The summed E-state index contributed by atoms with van der Waals surface area (Å²) in [6.07, 6.45) is 0.417. The Kier molecular flexibility index (Phi) is 7.21. The molecule has 1 saturated heterocycles. The van der Waals surface area contributed by atoms with Gasteiger partial charge in [0.05, 0.1) is 23.0 Å².